The summed E-state index contributed by atoms with van der Waals surface area (Å²) in [7, 11) is -0.370. The minimum atomic E-state index is -0.486. The molecule has 0 spiro atoms. The van der Waals surface area contributed by atoms with Crippen LogP contribution in [0.5, 0.6) is 0 Å². The second-order valence-corrected chi connectivity index (χ2v) is 12.9. The lowest BCUT2D eigenvalue weighted by atomic mass is 9.79. The molecule has 2 aromatic rings. The number of nitrogens with zero attached hydrogens (tertiary/aromatic N) is 2. The first-order chi connectivity index (χ1) is 16.3. The number of fused-ring (bicyclic) bond motifs is 2. The van der Waals surface area contributed by atoms with E-state index in [0.29, 0.717) is 12.0 Å². The molecule has 2 aliphatic carbocycles. The fourth-order valence-corrected chi connectivity index (χ4v) is 5.81. The maximum absolute atomic E-state index is 13.0. The van der Waals surface area contributed by atoms with E-state index >= 15 is 0 Å². The molecule has 7 nitrogen and oxygen atoms in total. The van der Waals surface area contributed by atoms with Crippen LogP contribution in [0, 0.1) is 5.92 Å². The van der Waals surface area contributed by atoms with Crippen LogP contribution in [0.1, 0.15) is 73.6 Å². The number of imidazole rings is 1. The molecule has 8 heteroatoms. The highest BCUT2D eigenvalue weighted by molar-refractivity contribution is 6.62. The monoisotopic (exact) mass is 477 g/mol. The first-order valence-electron chi connectivity index (χ1n) is 12.8. The number of likely N-dealkylation sites (tertiary alicyclic amines) is 1. The molecule has 2 aliphatic heterocycles. The van der Waals surface area contributed by atoms with E-state index in [1.807, 2.05) is 31.9 Å². The Kier molecular flexibility index (Phi) is 4.71. The molecule has 6 rings (SSSR count). The van der Waals surface area contributed by atoms with E-state index in [4.69, 9.17) is 19.0 Å². The number of aromatic nitrogens is 2. The van der Waals surface area contributed by atoms with Gasteiger partial charge in [-0.05, 0) is 84.7 Å². The molecule has 0 bridgehead atoms. The molecule has 2 saturated carbocycles. The lowest BCUT2D eigenvalue weighted by Gasteiger charge is -2.32. The maximum Gasteiger partial charge on any atom is 0.494 e. The topological polar surface area (TPSA) is 76.7 Å². The third-order valence-corrected chi connectivity index (χ3v) is 8.64. The number of aromatic amines is 1. The summed E-state index contributed by atoms with van der Waals surface area (Å²) in [6, 6.07) is 8.81. The van der Waals surface area contributed by atoms with Crippen LogP contribution < -0.4 is 5.46 Å². The molecule has 2 saturated heterocycles. The van der Waals surface area contributed by atoms with Crippen molar-refractivity contribution in [3.63, 3.8) is 0 Å². The number of nitrogens with one attached hydrogen (secondary N) is 1. The van der Waals surface area contributed by atoms with Crippen LogP contribution in [0.3, 0.4) is 0 Å². The van der Waals surface area contributed by atoms with E-state index in [1.165, 1.54) is 0 Å². The molecule has 4 unspecified atom stereocenters. The van der Waals surface area contributed by atoms with E-state index < -0.39 is 5.60 Å². The molecule has 0 radical (unpaired) electrons. The highest BCUT2D eigenvalue weighted by atomic mass is 16.7. The third-order valence-electron chi connectivity index (χ3n) is 8.64. The summed E-state index contributed by atoms with van der Waals surface area (Å²) in [5, 5.41) is 0. The summed E-state index contributed by atoms with van der Waals surface area (Å²) in [4.78, 5) is 23.4. The Hall–Kier alpha value is -2.32. The van der Waals surface area contributed by atoms with E-state index in [0.717, 1.165) is 41.8 Å². The van der Waals surface area contributed by atoms with Crippen LogP contribution in [0.15, 0.2) is 30.5 Å². The van der Waals surface area contributed by atoms with Gasteiger partial charge >= 0.3 is 13.2 Å². The van der Waals surface area contributed by atoms with E-state index in [-0.39, 0.29) is 35.9 Å². The van der Waals surface area contributed by atoms with Gasteiger partial charge in [-0.15, -0.1) is 0 Å². The molecule has 186 valence electrons. The molecule has 4 aliphatic rings. The highest BCUT2D eigenvalue weighted by Crippen LogP contribution is 2.65. The Balaban J connectivity index is 1.19. The Morgan fingerprint density at radius 3 is 2.40 bits per heavy atom. The Bertz CT molecular complexity index is 1150. The zero-order chi connectivity index (χ0) is 25.0. The van der Waals surface area contributed by atoms with Gasteiger partial charge in [-0.2, -0.15) is 0 Å². The van der Waals surface area contributed by atoms with Gasteiger partial charge in [0.1, 0.15) is 11.4 Å². The van der Waals surface area contributed by atoms with Crippen LogP contribution in [-0.4, -0.2) is 57.0 Å². The molecular formula is C27H36BN3O4. The number of H-pyrrole nitrogens is 1. The smallest absolute Gasteiger partial charge is 0.444 e. The van der Waals surface area contributed by atoms with Gasteiger partial charge in [0.15, 0.2) is 0 Å². The average molecular weight is 477 g/mol. The summed E-state index contributed by atoms with van der Waals surface area (Å²) >= 11 is 0. The summed E-state index contributed by atoms with van der Waals surface area (Å²) in [5.74, 6) is 1.54. The summed E-state index contributed by atoms with van der Waals surface area (Å²) < 4.78 is 18.1. The quantitative estimate of drug-likeness (QED) is 0.663. The first kappa shape index (κ1) is 23.1. The molecule has 1 aromatic heterocycles. The third kappa shape index (κ3) is 3.72. The lowest BCUT2D eigenvalue weighted by molar-refractivity contribution is 0.00578. The Labute approximate surface area is 208 Å². The minimum Gasteiger partial charge on any atom is -0.444 e. The number of carbonyl (C=O) groups is 1. The van der Waals surface area contributed by atoms with Gasteiger partial charge in [-0.25, -0.2) is 9.78 Å². The van der Waals surface area contributed by atoms with Crippen LogP contribution in [-0.2, 0) is 19.5 Å². The van der Waals surface area contributed by atoms with Crippen molar-refractivity contribution in [2.75, 3.05) is 0 Å². The molecule has 4 atom stereocenters. The number of hydrogen-bond acceptors (Lipinski definition) is 5. The molecule has 35 heavy (non-hydrogen) atoms. The first-order valence-corrected chi connectivity index (χ1v) is 12.8. The van der Waals surface area contributed by atoms with Gasteiger partial charge in [-0.3, -0.25) is 0 Å². The second-order valence-electron chi connectivity index (χ2n) is 12.9. The summed E-state index contributed by atoms with van der Waals surface area (Å²) in [6.45, 7) is 14.0. The zero-order valence-electron chi connectivity index (χ0n) is 21.8. The minimum absolute atomic E-state index is 0.0740. The van der Waals surface area contributed by atoms with Crippen molar-refractivity contribution >= 4 is 18.7 Å². The van der Waals surface area contributed by atoms with E-state index in [2.05, 4.69) is 56.9 Å². The predicted molar refractivity (Wildman–Crippen MR) is 134 cm³/mol. The Morgan fingerprint density at radius 2 is 1.77 bits per heavy atom. The molecule has 1 amide bonds. The average Bonchev–Trinajstić information content (AvgIpc) is 3.59. The predicted octanol–water partition coefficient (Wildman–Crippen LogP) is 4.42. The maximum atomic E-state index is 13.0. The van der Waals surface area contributed by atoms with Crippen LogP contribution >= 0.6 is 0 Å². The molecule has 1 aromatic carbocycles. The number of carbonyl (C=O) groups excluding carboxylic acids is 1. The SMILES string of the molecule is CC(C)(C)OC(=O)N1C2CC2CC2(c3ncc(-c4ccc(B5OC(C)(C)C(C)(C)O5)cc4)[nH]3)CC12. The van der Waals surface area contributed by atoms with Crippen LogP contribution in [0.4, 0.5) is 4.79 Å². The van der Waals surface area contributed by atoms with Crippen molar-refractivity contribution in [2.24, 2.45) is 5.92 Å². The lowest BCUT2D eigenvalue weighted by Crippen LogP contribution is -2.45. The van der Waals surface area contributed by atoms with Crippen LogP contribution in [0.2, 0.25) is 0 Å². The molecule has 1 N–H and O–H groups in total. The van der Waals surface area contributed by atoms with Gasteiger partial charge in [0, 0.05) is 12.1 Å². The Morgan fingerprint density at radius 1 is 1.11 bits per heavy atom. The number of hydrogen-bond donors (Lipinski definition) is 1. The fourth-order valence-electron chi connectivity index (χ4n) is 5.81. The van der Waals surface area contributed by atoms with E-state index in [9.17, 15) is 4.79 Å². The number of piperidine rings is 1. The van der Waals surface area contributed by atoms with E-state index in [1.54, 1.807) is 0 Å². The van der Waals surface area contributed by atoms with Gasteiger partial charge < -0.3 is 23.9 Å². The highest BCUT2D eigenvalue weighted by Gasteiger charge is 2.71. The van der Waals surface area contributed by atoms with Crippen molar-refractivity contribution in [3.05, 3.63) is 36.3 Å². The van der Waals surface area contributed by atoms with Crippen molar-refractivity contribution in [2.45, 2.75) is 102 Å². The second kappa shape index (κ2) is 7.13. The van der Waals surface area contributed by atoms with Crippen molar-refractivity contribution < 1.29 is 18.8 Å². The largest absolute Gasteiger partial charge is 0.494 e. The summed E-state index contributed by atoms with van der Waals surface area (Å²) in [6.07, 6.45) is 4.86. The van der Waals surface area contributed by atoms with Gasteiger partial charge in [0.2, 0.25) is 0 Å². The molecular weight excluding hydrogens is 441 g/mol. The van der Waals surface area contributed by atoms with Crippen LogP contribution in [0.25, 0.3) is 11.3 Å². The number of benzene rings is 1. The number of ether oxygens (including phenoxy) is 1. The summed E-state index contributed by atoms with van der Waals surface area (Å²) in [5.41, 5.74) is 1.79. The van der Waals surface area contributed by atoms with Gasteiger partial charge in [0.25, 0.3) is 0 Å². The zero-order valence-corrected chi connectivity index (χ0v) is 21.8. The van der Waals surface area contributed by atoms with Crippen molar-refractivity contribution in [3.8, 4) is 11.3 Å². The fraction of sp³-hybridized carbons (Fsp3) is 0.630. The van der Waals surface area contributed by atoms with Crippen molar-refractivity contribution in [1.82, 2.24) is 14.9 Å². The normalized spacial score (nSPS) is 32.1. The van der Waals surface area contributed by atoms with Gasteiger partial charge in [-0.1, -0.05) is 24.3 Å². The molecule has 4 fully saturated rings. The van der Waals surface area contributed by atoms with Gasteiger partial charge in [0.05, 0.1) is 28.5 Å². The number of rotatable bonds is 3. The van der Waals surface area contributed by atoms with Crippen molar-refractivity contribution in [1.29, 1.82) is 0 Å². The standard InChI is InChI=1S/C27H36BN3O4/c1-24(2,3)33-23(32)31-20-12-17(20)13-27(14-21(27)31)22-29-15-19(30-22)16-8-10-18(11-9-16)28-34-25(4,5)26(6,7)35-28/h8-11,15,17,20-21H,12-14H2,1-7H3,(H,29,30). The molecule has 3 heterocycles. The number of amides is 1.